The Morgan fingerprint density at radius 3 is 3.10 bits per heavy atom. The van der Waals surface area contributed by atoms with E-state index >= 15 is 0 Å². The lowest BCUT2D eigenvalue weighted by atomic mass is 10.4. The molecule has 1 heterocycles. The third kappa shape index (κ3) is 1.68. The number of aliphatic hydroxyl groups excluding tert-OH is 1. The van der Waals surface area contributed by atoms with Crippen LogP contribution in [0.2, 0.25) is 0 Å². The summed E-state index contributed by atoms with van der Waals surface area (Å²) in [5.41, 5.74) is 0. The lowest BCUT2D eigenvalue weighted by Gasteiger charge is -1.88. The number of nitrogens with one attached hydrogen (secondary N) is 1. The lowest BCUT2D eigenvalue weighted by molar-refractivity contribution is 0.300. The van der Waals surface area contributed by atoms with E-state index in [0.29, 0.717) is 6.42 Å². The summed E-state index contributed by atoms with van der Waals surface area (Å²) in [4.78, 5) is 5.17. The molecule has 0 aliphatic rings. The highest BCUT2D eigenvalue weighted by atomic mass is 32.1. The minimum Gasteiger partial charge on any atom is -0.396 e. The maximum atomic E-state index is 8.56. The number of aliphatic hydroxyl groups is 1. The van der Waals surface area contributed by atoms with Gasteiger partial charge in [-0.2, -0.15) is 0 Å². The molecule has 0 saturated carbocycles. The van der Waals surface area contributed by atoms with Gasteiger partial charge in [-0.1, -0.05) is 0 Å². The van der Waals surface area contributed by atoms with Crippen molar-refractivity contribution in [2.75, 3.05) is 19.0 Å². The van der Waals surface area contributed by atoms with Crippen molar-refractivity contribution in [2.45, 2.75) is 6.42 Å². The van der Waals surface area contributed by atoms with Gasteiger partial charge in [0.15, 0.2) is 5.13 Å². The van der Waals surface area contributed by atoms with E-state index in [-0.39, 0.29) is 6.61 Å². The average molecular weight is 158 g/mol. The standard InChI is InChI=1S/C6H10N2OS/c1-7-6-8-4-5(10-6)2-3-9/h4,9H,2-3H2,1H3,(H,7,8). The Labute approximate surface area is 63.7 Å². The van der Waals surface area contributed by atoms with Crippen LogP contribution in [0.25, 0.3) is 0 Å². The van der Waals surface area contributed by atoms with Gasteiger partial charge in [-0.25, -0.2) is 4.98 Å². The second-order valence-corrected chi connectivity index (χ2v) is 2.97. The first-order valence-electron chi connectivity index (χ1n) is 3.10. The monoisotopic (exact) mass is 158 g/mol. The van der Waals surface area contributed by atoms with Gasteiger partial charge in [0.25, 0.3) is 0 Å². The highest BCUT2D eigenvalue weighted by Gasteiger charge is 1.97. The number of aromatic nitrogens is 1. The molecule has 0 unspecified atom stereocenters. The van der Waals surface area contributed by atoms with Crippen molar-refractivity contribution < 1.29 is 5.11 Å². The van der Waals surface area contributed by atoms with E-state index in [1.807, 2.05) is 7.05 Å². The molecule has 56 valence electrons. The molecule has 0 aromatic carbocycles. The molecule has 4 heteroatoms. The second kappa shape index (κ2) is 3.53. The fourth-order valence-electron chi connectivity index (χ4n) is 0.649. The van der Waals surface area contributed by atoms with Crippen LogP contribution < -0.4 is 5.32 Å². The van der Waals surface area contributed by atoms with E-state index in [9.17, 15) is 0 Å². The zero-order valence-electron chi connectivity index (χ0n) is 5.79. The van der Waals surface area contributed by atoms with E-state index in [4.69, 9.17) is 5.11 Å². The van der Waals surface area contributed by atoms with Crippen molar-refractivity contribution in [2.24, 2.45) is 0 Å². The maximum absolute atomic E-state index is 8.56. The molecule has 1 rings (SSSR count). The Morgan fingerprint density at radius 1 is 1.80 bits per heavy atom. The van der Waals surface area contributed by atoms with Gasteiger partial charge in [-0.05, 0) is 0 Å². The molecule has 0 amide bonds. The Bertz CT molecular complexity index is 199. The van der Waals surface area contributed by atoms with Crippen LogP contribution in [0.3, 0.4) is 0 Å². The van der Waals surface area contributed by atoms with E-state index in [2.05, 4.69) is 10.3 Å². The Hall–Kier alpha value is -0.610. The van der Waals surface area contributed by atoms with Gasteiger partial charge < -0.3 is 10.4 Å². The number of anilines is 1. The predicted octanol–water partition coefficient (Wildman–Crippen LogP) is 0.720. The number of hydrogen-bond donors (Lipinski definition) is 2. The number of hydrogen-bond acceptors (Lipinski definition) is 4. The first-order valence-corrected chi connectivity index (χ1v) is 3.92. The lowest BCUT2D eigenvalue weighted by Crippen LogP contribution is -1.84. The fraction of sp³-hybridized carbons (Fsp3) is 0.500. The zero-order chi connectivity index (χ0) is 7.40. The molecule has 2 N–H and O–H groups in total. The summed E-state index contributed by atoms with van der Waals surface area (Å²) in [6, 6.07) is 0. The number of thiazole rings is 1. The van der Waals surface area contributed by atoms with Crippen molar-refractivity contribution in [1.29, 1.82) is 0 Å². The molecule has 0 aliphatic carbocycles. The van der Waals surface area contributed by atoms with Crippen LogP contribution in [0.15, 0.2) is 6.20 Å². The Balaban J connectivity index is 2.59. The van der Waals surface area contributed by atoms with E-state index < -0.39 is 0 Å². The molecule has 0 radical (unpaired) electrons. The quantitative estimate of drug-likeness (QED) is 0.681. The molecule has 0 bridgehead atoms. The predicted molar refractivity (Wildman–Crippen MR) is 42.5 cm³/mol. The molecule has 10 heavy (non-hydrogen) atoms. The van der Waals surface area contributed by atoms with Crippen LogP contribution in [0, 0.1) is 0 Å². The molecule has 0 atom stereocenters. The molecule has 0 fully saturated rings. The van der Waals surface area contributed by atoms with Crippen molar-refractivity contribution in [3.63, 3.8) is 0 Å². The van der Waals surface area contributed by atoms with Crippen LogP contribution in [0.4, 0.5) is 5.13 Å². The molecule has 1 aromatic heterocycles. The van der Waals surface area contributed by atoms with Gasteiger partial charge in [-0.15, -0.1) is 11.3 Å². The Kier molecular flexibility index (Phi) is 2.65. The normalized spacial score (nSPS) is 9.80. The minimum atomic E-state index is 0.200. The van der Waals surface area contributed by atoms with Gasteiger partial charge in [0.05, 0.1) is 0 Å². The highest BCUT2D eigenvalue weighted by Crippen LogP contribution is 2.16. The molecule has 0 aliphatic heterocycles. The van der Waals surface area contributed by atoms with E-state index in [1.54, 1.807) is 17.5 Å². The van der Waals surface area contributed by atoms with Gasteiger partial charge in [0.1, 0.15) is 0 Å². The SMILES string of the molecule is CNc1ncc(CCO)s1. The molecular formula is C6H10N2OS. The molecule has 1 aromatic rings. The Morgan fingerprint density at radius 2 is 2.60 bits per heavy atom. The van der Waals surface area contributed by atoms with Crippen LogP contribution in [0.1, 0.15) is 4.88 Å². The van der Waals surface area contributed by atoms with Crippen molar-refractivity contribution in [3.8, 4) is 0 Å². The first kappa shape index (κ1) is 7.50. The van der Waals surface area contributed by atoms with Gasteiger partial charge in [-0.3, -0.25) is 0 Å². The van der Waals surface area contributed by atoms with Crippen LogP contribution in [-0.4, -0.2) is 23.7 Å². The highest BCUT2D eigenvalue weighted by molar-refractivity contribution is 7.15. The summed E-state index contributed by atoms with van der Waals surface area (Å²) >= 11 is 1.58. The summed E-state index contributed by atoms with van der Waals surface area (Å²) in [7, 11) is 1.83. The number of nitrogens with zero attached hydrogens (tertiary/aromatic N) is 1. The van der Waals surface area contributed by atoms with Gasteiger partial charge in [0.2, 0.25) is 0 Å². The molecular weight excluding hydrogens is 148 g/mol. The average Bonchev–Trinajstić information content (AvgIpc) is 2.37. The molecule has 3 nitrogen and oxygen atoms in total. The summed E-state index contributed by atoms with van der Waals surface area (Å²) in [6.07, 6.45) is 2.49. The summed E-state index contributed by atoms with van der Waals surface area (Å²) in [6.45, 7) is 0.200. The smallest absolute Gasteiger partial charge is 0.182 e. The second-order valence-electron chi connectivity index (χ2n) is 1.86. The largest absolute Gasteiger partial charge is 0.396 e. The summed E-state index contributed by atoms with van der Waals surface area (Å²) < 4.78 is 0. The number of rotatable bonds is 3. The summed E-state index contributed by atoms with van der Waals surface area (Å²) in [5, 5.41) is 12.4. The van der Waals surface area contributed by atoms with Crippen LogP contribution in [-0.2, 0) is 6.42 Å². The van der Waals surface area contributed by atoms with Crippen LogP contribution >= 0.6 is 11.3 Å². The maximum Gasteiger partial charge on any atom is 0.182 e. The van der Waals surface area contributed by atoms with E-state index in [0.717, 1.165) is 10.0 Å². The fourth-order valence-corrected chi connectivity index (χ4v) is 1.40. The van der Waals surface area contributed by atoms with Gasteiger partial charge >= 0.3 is 0 Å². The molecule has 0 saturated heterocycles. The van der Waals surface area contributed by atoms with Crippen molar-refractivity contribution >= 4 is 16.5 Å². The summed E-state index contributed by atoms with van der Waals surface area (Å²) in [5.74, 6) is 0. The zero-order valence-corrected chi connectivity index (χ0v) is 6.61. The van der Waals surface area contributed by atoms with Crippen LogP contribution in [0.5, 0.6) is 0 Å². The first-order chi connectivity index (χ1) is 4.86. The minimum absolute atomic E-state index is 0.200. The third-order valence-corrected chi connectivity index (χ3v) is 2.20. The van der Waals surface area contributed by atoms with E-state index in [1.165, 1.54) is 0 Å². The third-order valence-electron chi connectivity index (χ3n) is 1.13. The molecule has 0 spiro atoms. The van der Waals surface area contributed by atoms with Gasteiger partial charge in [0, 0.05) is 31.1 Å². The topological polar surface area (TPSA) is 45.2 Å². The van der Waals surface area contributed by atoms with Crippen molar-refractivity contribution in [1.82, 2.24) is 4.98 Å². The van der Waals surface area contributed by atoms with Crippen molar-refractivity contribution in [3.05, 3.63) is 11.1 Å².